The SMILES string of the molecule is CC(C)(C)c1cnc(CN[C@H]2Cc3ccccc3[C@@H]2O)s1. The van der Waals surface area contributed by atoms with Crippen molar-refractivity contribution in [2.24, 2.45) is 0 Å². The Balaban J connectivity index is 1.63. The van der Waals surface area contributed by atoms with Crippen LogP contribution in [0.5, 0.6) is 0 Å². The Morgan fingerprint density at radius 3 is 2.76 bits per heavy atom. The number of fused-ring (bicyclic) bond motifs is 1. The van der Waals surface area contributed by atoms with Crippen LogP contribution >= 0.6 is 11.3 Å². The maximum Gasteiger partial charge on any atom is 0.107 e. The van der Waals surface area contributed by atoms with Crippen LogP contribution in [0, 0.1) is 0 Å². The van der Waals surface area contributed by atoms with Crippen LogP contribution in [0.3, 0.4) is 0 Å². The number of hydrogen-bond acceptors (Lipinski definition) is 4. The Morgan fingerprint density at radius 2 is 2.10 bits per heavy atom. The van der Waals surface area contributed by atoms with Crippen molar-refractivity contribution in [3.63, 3.8) is 0 Å². The lowest BCUT2D eigenvalue weighted by Crippen LogP contribution is -2.32. The summed E-state index contributed by atoms with van der Waals surface area (Å²) in [5, 5.41) is 14.9. The summed E-state index contributed by atoms with van der Waals surface area (Å²) >= 11 is 1.75. The molecule has 0 bridgehead atoms. The molecule has 0 fully saturated rings. The van der Waals surface area contributed by atoms with E-state index in [4.69, 9.17) is 0 Å². The van der Waals surface area contributed by atoms with Gasteiger partial charge in [-0.25, -0.2) is 4.98 Å². The number of nitrogens with one attached hydrogen (secondary N) is 1. The molecule has 1 heterocycles. The van der Waals surface area contributed by atoms with Gasteiger partial charge in [0.05, 0.1) is 6.10 Å². The number of aliphatic hydroxyl groups excluding tert-OH is 1. The molecule has 0 saturated carbocycles. The van der Waals surface area contributed by atoms with Crippen LogP contribution in [0.15, 0.2) is 30.5 Å². The molecule has 4 heteroatoms. The predicted molar refractivity (Wildman–Crippen MR) is 86.5 cm³/mol. The van der Waals surface area contributed by atoms with Crippen molar-refractivity contribution in [1.82, 2.24) is 10.3 Å². The van der Waals surface area contributed by atoms with Crippen LogP contribution in [0.25, 0.3) is 0 Å². The molecule has 0 spiro atoms. The zero-order valence-corrected chi connectivity index (χ0v) is 13.6. The van der Waals surface area contributed by atoms with Gasteiger partial charge in [0.2, 0.25) is 0 Å². The number of aliphatic hydroxyl groups is 1. The van der Waals surface area contributed by atoms with Crippen LogP contribution < -0.4 is 5.32 Å². The fourth-order valence-corrected chi connectivity index (χ4v) is 3.64. The van der Waals surface area contributed by atoms with Gasteiger partial charge in [-0.15, -0.1) is 11.3 Å². The van der Waals surface area contributed by atoms with Gasteiger partial charge in [-0.3, -0.25) is 0 Å². The summed E-state index contributed by atoms with van der Waals surface area (Å²) in [6, 6.07) is 8.22. The third-order valence-corrected chi connectivity index (χ3v) is 5.43. The van der Waals surface area contributed by atoms with Gasteiger partial charge < -0.3 is 10.4 Å². The minimum Gasteiger partial charge on any atom is -0.387 e. The third kappa shape index (κ3) is 3.03. The predicted octanol–water partition coefficient (Wildman–Crippen LogP) is 3.19. The smallest absolute Gasteiger partial charge is 0.107 e. The number of thiazole rings is 1. The molecule has 1 aliphatic carbocycles. The topological polar surface area (TPSA) is 45.2 Å². The second-order valence-corrected chi connectivity index (χ2v) is 7.82. The largest absolute Gasteiger partial charge is 0.387 e. The highest BCUT2D eigenvalue weighted by Crippen LogP contribution is 2.32. The summed E-state index contributed by atoms with van der Waals surface area (Å²) in [5.74, 6) is 0. The van der Waals surface area contributed by atoms with E-state index in [0.29, 0.717) is 0 Å². The summed E-state index contributed by atoms with van der Waals surface area (Å²) in [5.41, 5.74) is 2.46. The number of rotatable bonds is 3. The fourth-order valence-electron chi connectivity index (χ4n) is 2.71. The molecule has 0 amide bonds. The molecule has 1 aromatic heterocycles. The first-order valence-corrected chi connectivity index (χ1v) is 8.21. The molecule has 1 aromatic carbocycles. The van der Waals surface area contributed by atoms with Crippen molar-refractivity contribution in [2.75, 3.05) is 0 Å². The standard InChI is InChI=1S/C17H22N2OS/c1-17(2,3)14-9-19-15(21-14)10-18-13-8-11-6-4-5-7-12(11)16(13)20/h4-7,9,13,16,18,20H,8,10H2,1-3H3/t13-,16-/m0/s1. The van der Waals surface area contributed by atoms with E-state index in [1.54, 1.807) is 11.3 Å². The zero-order chi connectivity index (χ0) is 15.0. The Morgan fingerprint density at radius 1 is 1.33 bits per heavy atom. The molecule has 1 aliphatic rings. The molecule has 112 valence electrons. The Labute approximate surface area is 130 Å². The van der Waals surface area contributed by atoms with Crippen molar-refractivity contribution in [3.05, 3.63) is 51.5 Å². The van der Waals surface area contributed by atoms with Crippen molar-refractivity contribution >= 4 is 11.3 Å². The van der Waals surface area contributed by atoms with E-state index in [9.17, 15) is 5.11 Å². The monoisotopic (exact) mass is 302 g/mol. The quantitative estimate of drug-likeness (QED) is 0.915. The molecule has 0 radical (unpaired) electrons. The van der Waals surface area contributed by atoms with E-state index in [-0.39, 0.29) is 11.5 Å². The van der Waals surface area contributed by atoms with E-state index >= 15 is 0 Å². The van der Waals surface area contributed by atoms with Gasteiger partial charge in [-0.1, -0.05) is 45.0 Å². The first kappa shape index (κ1) is 14.7. The lowest BCUT2D eigenvalue weighted by Gasteiger charge is -2.16. The van der Waals surface area contributed by atoms with Crippen molar-refractivity contribution in [1.29, 1.82) is 0 Å². The first-order valence-electron chi connectivity index (χ1n) is 7.39. The molecule has 2 aromatic rings. The van der Waals surface area contributed by atoms with Crippen molar-refractivity contribution < 1.29 is 5.11 Å². The van der Waals surface area contributed by atoms with Crippen molar-refractivity contribution in [2.45, 2.75) is 51.3 Å². The highest BCUT2D eigenvalue weighted by Gasteiger charge is 2.30. The summed E-state index contributed by atoms with van der Waals surface area (Å²) in [6.07, 6.45) is 2.44. The minimum atomic E-state index is -0.414. The Hall–Kier alpha value is -1.23. The number of hydrogen-bond donors (Lipinski definition) is 2. The first-order chi connectivity index (χ1) is 9.95. The van der Waals surface area contributed by atoms with Crippen LogP contribution in [-0.4, -0.2) is 16.1 Å². The molecule has 0 aliphatic heterocycles. The lowest BCUT2D eigenvalue weighted by atomic mass is 9.96. The maximum absolute atomic E-state index is 10.4. The van der Waals surface area contributed by atoms with Crippen LogP contribution in [0.2, 0.25) is 0 Å². The molecule has 21 heavy (non-hydrogen) atoms. The molecule has 3 rings (SSSR count). The fraction of sp³-hybridized carbons (Fsp3) is 0.471. The summed E-state index contributed by atoms with van der Waals surface area (Å²) in [7, 11) is 0. The van der Waals surface area contributed by atoms with Gasteiger partial charge >= 0.3 is 0 Å². The van der Waals surface area contributed by atoms with E-state index in [1.807, 2.05) is 24.4 Å². The summed E-state index contributed by atoms with van der Waals surface area (Å²) in [6.45, 7) is 7.33. The Kier molecular flexibility index (Phi) is 3.86. The van der Waals surface area contributed by atoms with Gasteiger partial charge in [-0.05, 0) is 23.0 Å². The van der Waals surface area contributed by atoms with Gasteiger partial charge in [0.15, 0.2) is 0 Å². The normalized spacial score (nSPS) is 21.5. The maximum atomic E-state index is 10.4. The van der Waals surface area contributed by atoms with Gasteiger partial charge in [0, 0.05) is 23.7 Å². The van der Waals surface area contributed by atoms with E-state index in [2.05, 4.69) is 37.1 Å². The third-order valence-electron chi connectivity index (χ3n) is 4.00. The average molecular weight is 302 g/mol. The Bertz CT molecular complexity index is 630. The van der Waals surface area contributed by atoms with E-state index in [0.717, 1.165) is 23.5 Å². The van der Waals surface area contributed by atoms with Crippen molar-refractivity contribution in [3.8, 4) is 0 Å². The zero-order valence-electron chi connectivity index (χ0n) is 12.8. The van der Waals surface area contributed by atoms with Crippen LogP contribution in [0.4, 0.5) is 0 Å². The molecule has 0 saturated heterocycles. The second-order valence-electron chi connectivity index (χ2n) is 6.70. The molecule has 2 N–H and O–H groups in total. The molecular formula is C17H22N2OS. The number of benzene rings is 1. The van der Waals surface area contributed by atoms with Gasteiger partial charge in [-0.2, -0.15) is 0 Å². The number of aromatic nitrogens is 1. The van der Waals surface area contributed by atoms with Gasteiger partial charge in [0.1, 0.15) is 5.01 Å². The lowest BCUT2D eigenvalue weighted by molar-refractivity contribution is 0.141. The van der Waals surface area contributed by atoms with E-state index in [1.165, 1.54) is 10.4 Å². The highest BCUT2D eigenvalue weighted by atomic mass is 32.1. The van der Waals surface area contributed by atoms with Crippen LogP contribution in [0.1, 0.15) is 47.9 Å². The highest BCUT2D eigenvalue weighted by molar-refractivity contribution is 7.11. The summed E-state index contributed by atoms with van der Waals surface area (Å²) in [4.78, 5) is 5.79. The van der Waals surface area contributed by atoms with Crippen LogP contribution in [-0.2, 0) is 18.4 Å². The second kappa shape index (κ2) is 5.52. The molecule has 0 unspecified atom stereocenters. The average Bonchev–Trinajstić information content (AvgIpc) is 3.02. The molecule has 2 atom stereocenters. The number of nitrogens with zero attached hydrogens (tertiary/aromatic N) is 1. The minimum absolute atomic E-state index is 0.0874. The van der Waals surface area contributed by atoms with E-state index < -0.39 is 6.10 Å². The summed E-state index contributed by atoms with van der Waals surface area (Å²) < 4.78 is 0. The molecular weight excluding hydrogens is 280 g/mol. The van der Waals surface area contributed by atoms with Gasteiger partial charge in [0.25, 0.3) is 0 Å². The molecule has 3 nitrogen and oxygen atoms in total.